The fraction of sp³-hybridized carbons (Fsp3) is 1.00. The van der Waals surface area contributed by atoms with Crippen LogP contribution in [0.15, 0.2) is 0 Å². The molecule has 1 rings (SSSR count). The molecule has 5 heteroatoms. The number of ether oxygens (including phenoxy) is 1. The molecule has 1 aliphatic heterocycles. The van der Waals surface area contributed by atoms with Gasteiger partial charge in [-0.25, -0.2) is 0 Å². The summed E-state index contributed by atoms with van der Waals surface area (Å²) in [7, 11) is -3.32. The van der Waals surface area contributed by atoms with Crippen molar-refractivity contribution in [3.05, 3.63) is 0 Å². The van der Waals surface area contributed by atoms with Crippen molar-refractivity contribution in [2.75, 3.05) is 19.0 Å². The lowest BCUT2D eigenvalue weighted by atomic mass is 10.2. The molecular weight excluding hydrogens is 168 g/mol. The second-order valence-corrected chi connectivity index (χ2v) is 4.10. The quantitative estimate of drug-likeness (QED) is 0.577. The molecule has 1 aliphatic rings. The molecule has 4 nitrogen and oxygen atoms in total. The molecule has 11 heavy (non-hydrogen) atoms. The Labute approximate surface area is 66.6 Å². The normalized spacial score (nSPS) is 24.6. The maximum Gasteiger partial charge on any atom is 0.269 e. The zero-order valence-electron chi connectivity index (χ0n) is 6.45. The molecule has 0 bridgehead atoms. The van der Waals surface area contributed by atoms with E-state index in [4.69, 9.17) is 4.74 Å². The minimum absolute atomic E-state index is 0.000833. The molecule has 1 unspecified atom stereocenters. The van der Waals surface area contributed by atoms with E-state index in [0.29, 0.717) is 6.61 Å². The lowest BCUT2D eigenvalue weighted by molar-refractivity contribution is -0.0362. The molecule has 66 valence electrons. The zero-order valence-corrected chi connectivity index (χ0v) is 7.26. The van der Waals surface area contributed by atoms with Crippen LogP contribution in [0.5, 0.6) is 0 Å². The van der Waals surface area contributed by atoms with Gasteiger partial charge in [0.05, 0.1) is 12.7 Å². The smallest absolute Gasteiger partial charge is 0.269 e. The van der Waals surface area contributed by atoms with Gasteiger partial charge >= 0.3 is 0 Å². The van der Waals surface area contributed by atoms with Crippen LogP contribution >= 0.6 is 0 Å². The van der Waals surface area contributed by atoms with Gasteiger partial charge in [-0.15, -0.1) is 0 Å². The van der Waals surface area contributed by atoms with Crippen LogP contribution in [0.3, 0.4) is 0 Å². The van der Waals surface area contributed by atoms with E-state index in [2.05, 4.69) is 4.18 Å². The van der Waals surface area contributed by atoms with Gasteiger partial charge in [-0.05, 0) is 13.3 Å². The third-order valence-corrected chi connectivity index (χ3v) is 2.86. The highest BCUT2D eigenvalue weighted by Crippen LogP contribution is 2.13. The van der Waals surface area contributed by atoms with E-state index in [9.17, 15) is 8.42 Å². The second-order valence-electron chi connectivity index (χ2n) is 2.41. The van der Waals surface area contributed by atoms with Crippen molar-refractivity contribution in [2.24, 2.45) is 0 Å². The molecule has 0 aromatic carbocycles. The summed E-state index contributed by atoms with van der Waals surface area (Å²) in [6.07, 6.45) is 0.693. The molecule has 0 N–H and O–H groups in total. The van der Waals surface area contributed by atoms with E-state index in [1.807, 2.05) is 0 Å². The maximum atomic E-state index is 10.9. The van der Waals surface area contributed by atoms with E-state index in [-0.39, 0.29) is 18.5 Å². The van der Waals surface area contributed by atoms with Gasteiger partial charge in [-0.1, -0.05) is 0 Å². The highest BCUT2D eigenvalue weighted by molar-refractivity contribution is 7.86. The van der Waals surface area contributed by atoms with Crippen LogP contribution < -0.4 is 0 Å². The lowest BCUT2D eigenvalue weighted by Crippen LogP contribution is -2.34. The third-order valence-electron chi connectivity index (χ3n) is 1.48. The monoisotopic (exact) mass is 180 g/mol. The van der Waals surface area contributed by atoms with E-state index in [1.54, 1.807) is 6.92 Å². The van der Waals surface area contributed by atoms with Crippen LogP contribution in [0.2, 0.25) is 0 Å². The van der Waals surface area contributed by atoms with Gasteiger partial charge in [0.2, 0.25) is 0 Å². The Bertz CT molecular complexity index is 205. The highest BCUT2D eigenvalue weighted by Gasteiger charge is 2.25. The SMILES string of the molecule is CCOS(=O)(=O)CC1CCO1. The van der Waals surface area contributed by atoms with Crippen molar-refractivity contribution in [2.45, 2.75) is 19.4 Å². The number of rotatable bonds is 4. The van der Waals surface area contributed by atoms with Crippen LogP contribution in [0.25, 0.3) is 0 Å². The number of hydrogen-bond donors (Lipinski definition) is 0. The Morgan fingerprint density at radius 2 is 2.27 bits per heavy atom. The Kier molecular flexibility index (Phi) is 2.86. The van der Waals surface area contributed by atoms with Crippen molar-refractivity contribution in [1.82, 2.24) is 0 Å². The van der Waals surface area contributed by atoms with Crippen LogP contribution in [0.4, 0.5) is 0 Å². The van der Waals surface area contributed by atoms with Gasteiger partial charge < -0.3 is 4.74 Å². The fourth-order valence-corrected chi connectivity index (χ4v) is 2.04. The molecule has 0 amide bonds. The van der Waals surface area contributed by atoms with Gasteiger partial charge in [0, 0.05) is 6.61 Å². The molecular formula is C6H12O4S. The van der Waals surface area contributed by atoms with Crippen molar-refractivity contribution in [3.63, 3.8) is 0 Å². The van der Waals surface area contributed by atoms with Crippen LogP contribution in [0, 0.1) is 0 Å². The summed E-state index contributed by atoms with van der Waals surface area (Å²) in [5.74, 6) is 0.000833. The average molecular weight is 180 g/mol. The first kappa shape index (κ1) is 8.96. The molecule has 0 aromatic rings. The van der Waals surface area contributed by atoms with E-state index >= 15 is 0 Å². The molecule has 0 radical (unpaired) electrons. The molecule has 1 fully saturated rings. The van der Waals surface area contributed by atoms with Gasteiger partial charge in [0.25, 0.3) is 10.1 Å². The summed E-state index contributed by atoms with van der Waals surface area (Å²) in [5, 5.41) is 0. The summed E-state index contributed by atoms with van der Waals surface area (Å²) in [6, 6.07) is 0. The number of hydrogen-bond acceptors (Lipinski definition) is 4. The Hall–Kier alpha value is -0.130. The second kappa shape index (κ2) is 3.51. The van der Waals surface area contributed by atoms with Crippen LogP contribution in [0.1, 0.15) is 13.3 Å². The van der Waals surface area contributed by atoms with Crippen LogP contribution in [-0.2, 0) is 19.0 Å². The molecule has 1 heterocycles. The molecule has 1 atom stereocenters. The fourth-order valence-electron chi connectivity index (χ4n) is 0.871. The topological polar surface area (TPSA) is 52.6 Å². The highest BCUT2D eigenvalue weighted by atomic mass is 32.2. The first-order valence-electron chi connectivity index (χ1n) is 3.63. The minimum Gasteiger partial charge on any atom is -0.377 e. The van der Waals surface area contributed by atoms with Crippen LogP contribution in [-0.4, -0.2) is 33.5 Å². The van der Waals surface area contributed by atoms with Crippen molar-refractivity contribution < 1.29 is 17.3 Å². The standard InChI is InChI=1S/C6H12O4S/c1-2-10-11(7,8)5-6-3-4-9-6/h6H,2-5H2,1H3. The summed E-state index contributed by atoms with van der Waals surface area (Å²) < 4.78 is 31.3. The zero-order chi connectivity index (χ0) is 8.32. The first-order chi connectivity index (χ1) is 5.14. The van der Waals surface area contributed by atoms with E-state index in [1.165, 1.54) is 0 Å². The van der Waals surface area contributed by atoms with Crippen molar-refractivity contribution in [3.8, 4) is 0 Å². The average Bonchev–Trinajstić information content (AvgIpc) is 1.79. The summed E-state index contributed by atoms with van der Waals surface area (Å²) in [6.45, 7) is 2.53. The minimum atomic E-state index is -3.32. The Balaban J connectivity index is 2.33. The van der Waals surface area contributed by atoms with Gasteiger partial charge in [-0.3, -0.25) is 4.18 Å². The Morgan fingerprint density at radius 1 is 1.64 bits per heavy atom. The molecule has 0 spiro atoms. The molecule has 0 saturated carbocycles. The summed E-state index contributed by atoms with van der Waals surface area (Å²) in [4.78, 5) is 0. The summed E-state index contributed by atoms with van der Waals surface area (Å²) in [5.41, 5.74) is 0. The van der Waals surface area contributed by atoms with Crippen molar-refractivity contribution in [1.29, 1.82) is 0 Å². The molecule has 1 saturated heterocycles. The van der Waals surface area contributed by atoms with Gasteiger partial charge in [0.15, 0.2) is 0 Å². The van der Waals surface area contributed by atoms with Gasteiger partial charge in [0.1, 0.15) is 5.75 Å². The molecule has 0 aromatic heterocycles. The molecule has 0 aliphatic carbocycles. The van der Waals surface area contributed by atoms with E-state index in [0.717, 1.165) is 6.42 Å². The predicted octanol–water partition coefficient (Wildman–Crippen LogP) is 0.142. The maximum absolute atomic E-state index is 10.9. The van der Waals surface area contributed by atoms with E-state index < -0.39 is 10.1 Å². The lowest BCUT2D eigenvalue weighted by Gasteiger charge is -2.25. The van der Waals surface area contributed by atoms with Crippen molar-refractivity contribution >= 4 is 10.1 Å². The predicted molar refractivity (Wildman–Crippen MR) is 39.8 cm³/mol. The van der Waals surface area contributed by atoms with Gasteiger partial charge in [-0.2, -0.15) is 8.42 Å². The Morgan fingerprint density at radius 3 is 2.64 bits per heavy atom. The third kappa shape index (κ3) is 2.76. The summed E-state index contributed by atoms with van der Waals surface area (Å²) >= 11 is 0. The first-order valence-corrected chi connectivity index (χ1v) is 5.20. The largest absolute Gasteiger partial charge is 0.377 e.